The minimum absolute atomic E-state index is 0.102. The first-order chi connectivity index (χ1) is 10.2. The van der Waals surface area contributed by atoms with E-state index < -0.39 is 5.54 Å². The van der Waals surface area contributed by atoms with Gasteiger partial charge in [0.05, 0.1) is 7.11 Å². The molecule has 0 amide bonds. The number of carbonyl (C=O) groups is 1. The number of unbranched alkanes of at least 4 members (excludes halogenated alkanes) is 3. The van der Waals surface area contributed by atoms with E-state index in [-0.39, 0.29) is 5.97 Å². The zero-order valence-electron chi connectivity index (χ0n) is 14.1. The SMILES string of the molecule is CCCCCCOCCC1CCCC1(NCC)C(=O)OC. The largest absolute Gasteiger partial charge is 0.468 e. The van der Waals surface area contributed by atoms with Crippen molar-refractivity contribution in [3.63, 3.8) is 0 Å². The summed E-state index contributed by atoms with van der Waals surface area (Å²) in [6.07, 6.45) is 8.94. The third-order valence-electron chi connectivity index (χ3n) is 4.62. The van der Waals surface area contributed by atoms with Gasteiger partial charge in [-0.2, -0.15) is 0 Å². The van der Waals surface area contributed by atoms with E-state index in [4.69, 9.17) is 9.47 Å². The lowest BCUT2D eigenvalue weighted by Crippen LogP contribution is -2.55. The molecule has 4 nitrogen and oxygen atoms in total. The van der Waals surface area contributed by atoms with Crippen molar-refractivity contribution >= 4 is 5.97 Å². The summed E-state index contributed by atoms with van der Waals surface area (Å²) in [7, 11) is 1.49. The zero-order valence-corrected chi connectivity index (χ0v) is 14.1. The number of esters is 1. The highest BCUT2D eigenvalue weighted by atomic mass is 16.5. The minimum Gasteiger partial charge on any atom is -0.468 e. The van der Waals surface area contributed by atoms with Crippen LogP contribution in [0.2, 0.25) is 0 Å². The Hall–Kier alpha value is -0.610. The highest BCUT2D eigenvalue weighted by Crippen LogP contribution is 2.38. The van der Waals surface area contributed by atoms with Gasteiger partial charge in [-0.25, -0.2) is 0 Å². The van der Waals surface area contributed by atoms with Crippen LogP contribution in [0.25, 0.3) is 0 Å². The fourth-order valence-electron chi connectivity index (χ4n) is 3.50. The average Bonchev–Trinajstić information content (AvgIpc) is 2.90. The lowest BCUT2D eigenvalue weighted by Gasteiger charge is -2.33. The van der Waals surface area contributed by atoms with Gasteiger partial charge in [0.1, 0.15) is 5.54 Å². The summed E-state index contributed by atoms with van der Waals surface area (Å²) < 4.78 is 10.8. The molecule has 0 aromatic carbocycles. The first-order valence-electron chi connectivity index (χ1n) is 8.62. The normalized spacial score (nSPS) is 25.2. The molecule has 1 fully saturated rings. The Bertz CT molecular complexity index is 296. The van der Waals surface area contributed by atoms with E-state index in [1.54, 1.807) is 0 Å². The van der Waals surface area contributed by atoms with Crippen molar-refractivity contribution in [2.75, 3.05) is 26.9 Å². The van der Waals surface area contributed by atoms with Crippen LogP contribution in [-0.2, 0) is 14.3 Å². The van der Waals surface area contributed by atoms with E-state index in [1.165, 1.54) is 26.4 Å². The molecule has 0 aliphatic heterocycles. The molecule has 2 atom stereocenters. The van der Waals surface area contributed by atoms with E-state index in [0.717, 1.165) is 51.9 Å². The number of methoxy groups -OCH3 is 1. The van der Waals surface area contributed by atoms with Crippen molar-refractivity contribution in [1.29, 1.82) is 0 Å². The van der Waals surface area contributed by atoms with Crippen LogP contribution < -0.4 is 5.32 Å². The Morgan fingerprint density at radius 3 is 2.71 bits per heavy atom. The molecule has 124 valence electrons. The van der Waals surface area contributed by atoms with Gasteiger partial charge in [0, 0.05) is 13.2 Å². The molecule has 1 aliphatic carbocycles. The average molecular weight is 299 g/mol. The molecule has 0 radical (unpaired) electrons. The molecule has 0 spiro atoms. The molecular weight excluding hydrogens is 266 g/mol. The Morgan fingerprint density at radius 1 is 1.24 bits per heavy atom. The smallest absolute Gasteiger partial charge is 0.326 e. The van der Waals surface area contributed by atoms with Gasteiger partial charge in [-0.05, 0) is 38.1 Å². The van der Waals surface area contributed by atoms with Crippen LogP contribution in [0.1, 0.15) is 65.2 Å². The molecule has 0 heterocycles. The van der Waals surface area contributed by atoms with Crippen molar-refractivity contribution in [2.45, 2.75) is 70.8 Å². The predicted octanol–water partition coefficient (Wildman–Crippen LogP) is 3.29. The first kappa shape index (κ1) is 18.4. The minimum atomic E-state index is -0.477. The number of ether oxygens (including phenoxy) is 2. The molecule has 0 aromatic heterocycles. The highest BCUT2D eigenvalue weighted by molar-refractivity contribution is 5.81. The van der Waals surface area contributed by atoms with Gasteiger partial charge >= 0.3 is 5.97 Å². The molecule has 0 bridgehead atoms. The molecule has 1 aliphatic rings. The van der Waals surface area contributed by atoms with Crippen molar-refractivity contribution in [3.05, 3.63) is 0 Å². The summed E-state index contributed by atoms with van der Waals surface area (Å²) in [5.74, 6) is 0.232. The molecule has 1 saturated carbocycles. The second-order valence-corrected chi connectivity index (χ2v) is 6.04. The number of nitrogens with one attached hydrogen (secondary N) is 1. The van der Waals surface area contributed by atoms with Gasteiger partial charge in [-0.1, -0.05) is 39.5 Å². The Morgan fingerprint density at radius 2 is 2.05 bits per heavy atom. The summed E-state index contributed by atoms with van der Waals surface area (Å²) >= 11 is 0. The molecule has 2 unspecified atom stereocenters. The molecule has 21 heavy (non-hydrogen) atoms. The van der Waals surface area contributed by atoms with Crippen LogP contribution in [0.15, 0.2) is 0 Å². The maximum atomic E-state index is 12.2. The zero-order chi connectivity index (χ0) is 15.6. The van der Waals surface area contributed by atoms with E-state index in [0.29, 0.717) is 5.92 Å². The molecule has 4 heteroatoms. The summed E-state index contributed by atoms with van der Waals surface area (Å²) in [4.78, 5) is 12.2. The summed E-state index contributed by atoms with van der Waals surface area (Å²) in [6.45, 7) is 6.65. The van der Waals surface area contributed by atoms with E-state index >= 15 is 0 Å². The number of hydrogen-bond acceptors (Lipinski definition) is 4. The van der Waals surface area contributed by atoms with Crippen LogP contribution in [0.4, 0.5) is 0 Å². The monoisotopic (exact) mass is 299 g/mol. The molecule has 1 rings (SSSR count). The third-order valence-corrected chi connectivity index (χ3v) is 4.62. The van der Waals surface area contributed by atoms with Gasteiger partial charge in [0.15, 0.2) is 0 Å². The van der Waals surface area contributed by atoms with Crippen LogP contribution in [0, 0.1) is 5.92 Å². The van der Waals surface area contributed by atoms with Crippen LogP contribution in [-0.4, -0.2) is 38.4 Å². The molecular formula is C17H33NO3. The standard InChI is InChI=1S/C17H33NO3/c1-4-6-7-8-13-21-14-11-15-10-9-12-17(15,18-5-2)16(19)20-3/h15,18H,4-14H2,1-3H3. The Balaban J connectivity index is 2.36. The lowest BCUT2D eigenvalue weighted by atomic mass is 9.84. The van der Waals surface area contributed by atoms with Crippen molar-refractivity contribution in [3.8, 4) is 0 Å². The van der Waals surface area contributed by atoms with E-state index in [1.807, 2.05) is 6.92 Å². The number of rotatable bonds is 11. The molecule has 1 N–H and O–H groups in total. The van der Waals surface area contributed by atoms with Crippen molar-refractivity contribution in [2.24, 2.45) is 5.92 Å². The quantitative estimate of drug-likeness (QED) is 0.470. The second kappa shape index (κ2) is 10.2. The maximum Gasteiger partial charge on any atom is 0.326 e. The Labute approximate surface area is 130 Å². The van der Waals surface area contributed by atoms with Crippen LogP contribution >= 0.6 is 0 Å². The molecule has 0 aromatic rings. The van der Waals surface area contributed by atoms with Crippen molar-refractivity contribution < 1.29 is 14.3 Å². The third kappa shape index (κ3) is 5.26. The summed E-state index contributed by atoms with van der Waals surface area (Å²) in [5, 5.41) is 3.40. The Kier molecular flexibility index (Phi) is 8.93. The van der Waals surface area contributed by atoms with Crippen LogP contribution in [0.5, 0.6) is 0 Å². The lowest BCUT2D eigenvalue weighted by molar-refractivity contribution is -0.150. The number of likely N-dealkylation sites (N-methyl/N-ethyl adjacent to an activating group) is 1. The number of hydrogen-bond donors (Lipinski definition) is 1. The van der Waals surface area contributed by atoms with Gasteiger partial charge in [0.2, 0.25) is 0 Å². The van der Waals surface area contributed by atoms with Gasteiger partial charge in [0.25, 0.3) is 0 Å². The van der Waals surface area contributed by atoms with Crippen molar-refractivity contribution in [1.82, 2.24) is 5.32 Å². The fourth-order valence-corrected chi connectivity index (χ4v) is 3.50. The van der Waals surface area contributed by atoms with Gasteiger partial charge in [-0.15, -0.1) is 0 Å². The first-order valence-corrected chi connectivity index (χ1v) is 8.62. The van der Waals surface area contributed by atoms with E-state index in [9.17, 15) is 4.79 Å². The topological polar surface area (TPSA) is 47.6 Å². The molecule has 0 saturated heterocycles. The van der Waals surface area contributed by atoms with Gasteiger partial charge < -0.3 is 14.8 Å². The number of carbonyl (C=O) groups excluding carboxylic acids is 1. The second-order valence-electron chi connectivity index (χ2n) is 6.04. The van der Waals surface area contributed by atoms with E-state index in [2.05, 4.69) is 12.2 Å². The fraction of sp³-hybridized carbons (Fsp3) is 0.941. The van der Waals surface area contributed by atoms with Gasteiger partial charge in [-0.3, -0.25) is 4.79 Å². The highest BCUT2D eigenvalue weighted by Gasteiger charge is 2.48. The summed E-state index contributed by atoms with van der Waals surface area (Å²) in [6, 6.07) is 0. The predicted molar refractivity (Wildman–Crippen MR) is 85.3 cm³/mol. The van der Waals surface area contributed by atoms with Crippen LogP contribution in [0.3, 0.4) is 0 Å². The summed E-state index contributed by atoms with van der Waals surface area (Å²) in [5.41, 5.74) is -0.477. The maximum absolute atomic E-state index is 12.2.